The van der Waals surface area contributed by atoms with E-state index in [1.54, 1.807) is 7.11 Å². The van der Waals surface area contributed by atoms with E-state index in [0.29, 0.717) is 19.2 Å². The van der Waals surface area contributed by atoms with Crippen molar-refractivity contribution in [1.29, 1.82) is 0 Å². The monoisotopic (exact) mass is 445 g/mol. The molecule has 2 aliphatic heterocycles. The van der Waals surface area contributed by atoms with Crippen molar-refractivity contribution < 1.29 is 9.53 Å². The fourth-order valence-corrected chi connectivity index (χ4v) is 4.48. The number of rotatable bonds is 7. The van der Waals surface area contributed by atoms with Gasteiger partial charge in [-0.15, -0.1) is 24.8 Å². The Hall–Kier alpha value is -0.850. The highest BCUT2D eigenvalue weighted by Gasteiger charge is 2.39. The Morgan fingerprint density at radius 1 is 1.21 bits per heavy atom. The number of ether oxygens (including phenoxy) is 1. The SMILES string of the molecule is COCC1(C(=O)NCc2ccccc2CN2CCCCC2C)CCNCC1.Cl.Cl. The standard InChI is InChI=1S/C22H35N3O2.2ClH/c1-18-7-5-6-14-25(18)16-20-9-4-3-8-19(20)15-24-21(26)22(17-27-2)10-12-23-13-11-22;;/h3-4,8-9,18,23H,5-7,10-17H2,1-2H3,(H,24,26);2*1H. The Balaban J connectivity index is 0.00000210. The average Bonchev–Trinajstić information content (AvgIpc) is 2.70. The van der Waals surface area contributed by atoms with Crippen molar-refractivity contribution in [3.63, 3.8) is 0 Å². The molecule has 1 amide bonds. The van der Waals surface area contributed by atoms with E-state index in [0.717, 1.165) is 32.5 Å². The van der Waals surface area contributed by atoms with Gasteiger partial charge in [0, 0.05) is 26.2 Å². The molecule has 1 aromatic rings. The van der Waals surface area contributed by atoms with Crippen LogP contribution in [0.2, 0.25) is 0 Å². The summed E-state index contributed by atoms with van der Waals surface area (Å²) in [6.45, 7) is 7.31. The first-order valence-electron chi connectivity index (χ1n) is 10.4. The molecule has 2 N–H and O–H groups in total. The lowest BCUT2D eigenvalue weighted by atomic mass is 9.78. The van der Waals surface area contributed by atoms with Gasteiger partial charge in [0.15, 0.2) is 0 Å². The molecule has 0 aromatic heterocycles. The second kappa shape index (κ2) is 12.8. The highest BCUT2D eigenvalue weighted by atomic mass is 35.5. The quantitative estimate of drug-likeness (QED) is 0.673. The van der Waals surface area contributed by atoms with Crippen LogP contribution in [0.1, 0.15) is 50.2 Å². The fraction of sp³-hybridized carbons (Fsp3) is 0.682. The number of hydrogen-bond acceptors (Lipinski definition) is 4. The zero-order chi connectivity index (χ0) is 19.1. The largest absolute Gasteiger partial charge is 0.384 e. The van der Waals surface area contributed by atoms with Crippen molar-refractivity contribution in [3.05, 3.63) is 35.4 Å². The summed E-state index contributed by atoms with van der Waals surface area (Å²) in [7, 11) is 1.69. The molecule has 1 atom stereocenters. The van der Waals surface area contributed by atoms with Crippen LogP contribution in [-0.4, -0.2) is 50.2 Å². The number of carbonyl (C=O) groups excluding carboxylic acids is 1. The summed E-state index contributed by atoms with van der Waals surface area (Å²) in [5.41, 5.74) is 2.17. The third-order valence-electron chi connectivity index (χ3n) is 6.33. The minimum absolute atomic E-state index is 0. The van der Waals surface area contributed by atoms with Gasteiger partial charge in [0.2, 0.25) is 5.91 Å². The van der Waals surface area contributed by atoms with Crippen LogP contribution >= 0.6 is 24.8 Å². The first-order valence-corrected chi connectivity index (χ1v) is 10.4. The van der Waals surface area contributed by atoms with Gasteiger partial charge in [0.25, 0.3) is 0 Å². The molecule has 0 saturated carbocycles. The summed E-state index contributed by atoms with van der Waals surface area (Å²) in [4.78, 5) is 15.6. The van der Waals surface area contributed by atoms with Crippen molar-refractivity contribution in [2.24, 2.45) is 5.41 Å². The Morgan fingerprint density at radius 2 is 1.90 bits per heavy atom. The number of methoxy groups -OCH3 is 1. The van der Waals surface area contributed by atoms with Gasteiger partial charge < -0.3 is 15.4 Å². The lowest BCUT2D eigenvalue weighted by molar-refractivity contribution is -0.136. The highest BCUT2D eigenvalue weighted by Crippen LogP contribution is 2.29. The van der Waals surface area contributed by atoms with Crippen LogP contribution in [0.25, 0.3) is 0 Å². The number of likely N-dealkylation sites (tertiary alicyclic amines) is 1. The van der Waals surface area contributed by atoms with Gasteiger partial charge in [-0.2, -0.15) is 0 Å². The van der Waals surface area contributed by atoms with Gasteiger partial charge in [-0.1, -0.05) is 30.7 Å². The first kappa shape index (κ1) is 26.2. The fourth-order valence-electron chi connectivity index (χ4n) is 4.48. The number of piperidine rings is 2. The zero-order valence-electron chi connectivity index (χ0n) is 17.7. The zero-order valence-corrected chi connectivity index (χ0v) is 19.4. The molecule has 1 unspecified atom stereocenters. The molecule has 29 heavy (non-hydrogen) atoms. The van der Waals surface area contributed by atoms with Gasteiger partial charge in [-0.3, -0.25) is 9.69 Å². The van der Waals surface area contributed by atoms with E-state index < -0.39 is 5.41 Å². The summed E-state index contributed by atoms with van der Waals surface area (Å²) in [6.07, 6.45) is 5.58. The van der Waals surface area contributed by atoms with Gasteiger partial charge in [0.05, 0.1) is 12.0 Å². The number of halogens is 2. The normalized spacial score (nSPS) is 21.5. The maximum absolute atomic E-state index is 13.0. The average molecular weight is 446 g/mol. The maximum atomic E-state index is 13.0. The molecule has 0 spiro atoms. The third-order valence-corrected chi connectivity index (χ3v) is 6.33. The molecule has 2 fully saturated rings. The number of hydrogen-bond donors (Lipinski definition) is 2. The summed E-state index contributed by atoms with van der Waals surface area (Å²) in [6, 6.07) is 9.17. The van der Waals surface area contributed by atoms with Crippen molar-refractivity contribution in [2.45, 2.75) is 58.2 Å². The van der Waals surface area contributed by atoms with Crippen molar-refractivity contribution in [3.8, 4) is 0 Å². The van der Waals surface area contributed by atoms with Crippen LogP contribution in [-0.2, 0) is 22.6 Å². The van der Waals surface area contributed by atoms with E-state index in [4.69, 9.17) is 4.74 Å². The highest BCUT2D eigenvalue weighted by molar-refractivity contribution is 5.85. The molecule has 1 aromatic carbocycles. The molecule has 3 rings (SSSR count). The van der Waals surface area contributed by atoms with E-state index in [1.165, 1.54) is 36.9 Å². The van der Waals surface area contributed by atoms with E-state index in [9.17, 15) is 4.79 Å². The molecular weight excluding hydrogens is 409 g/mol. The summed E-state index contributed by atoms with van der Waals surface area (Å²) in [5, 5.41) is 6.56. The molecular formula is C22H37Cl2N3O2. The van der Waals surface area contributed by atoms with Crippen LogP contribution in [0.5, 0.6) is 0 Å². The Morgan fingerprint density at radius 3 is 2.55 bits per heavy atom. The number of carbonyl (C=O) groups is 1. The summed E-state index contributed by atoms with van der Waals surface area (Å²) in [5.74, 6) is 0.131. The van der Waals surface area contributed by atoms with Crippen LogP contribution < -0.4 is 10.6 Å². The van der Waals surface area contributed by atoms with E-state index in [1.807, 2.05) is 0 Å². The summed E-state index contributed by atoms with van der Waals surface area (Å²) < 4.78 is 5.40. The Bertz CT molecular complexity index is 618. The minimum Gasteiger partial charge on any atom is -0.384 e. The van der Waals surface area contributed by atoms with Crippen molar-refractivity contribution >= 4 is 30.7 Å². The van der Waals surface area contributed by atoms with Crippen LogP contribution in [0.4, 0.5) is 0 Å². The molecule has 0 aliphatic carbocycles. The van der Waals surface area contributed by atoms with Crippen molar-refractivity contribution in [1.82, 2.24) is 15.5 Å². The van der Waals surface area contributed by atoms with Gasteiger partial charge in [-0.25, -0.2) is 0 Å². The predicted molar refractivity (Wildman–Crippen MR) is 123 cm³/mol. The molecule has 166 valence electrons. The van der Waals surface area contributed by atoms with E-state index in [-0.39, 0.29) is 30.7 Å². The molecule has 2 aliphatic rings. The van der Waals surface area contributed by atoms with Gasteiger partial charge in [0.1, 0.15) is 0 Å². The second-order valence-corrected chi connectivity index (χ2v) is 8.23. The predicted octanol–water partition coefficient (Wildman–Crippen LogP) is 3.54. The van der Waals surface area contributed by atoms with Gasteiger partial charge in [-0.05, 0) is 63.4 Å². The Kier molecular flexibility index (Phi) is 11.5. The lowest BCUT2D eigenvalue weighted by Gasteiger charge is -2.36. The van der Waals surface area contributed by atoms with Crippen LogP contribution in [0, 0.1) is 5.41 Å². The smallest absolute Gasteiger partial charge is 0.228 e. The third kappa shape index (κ3) is 6.83. The maximum Gasteiger partial charge on any atom is 0.228 e. The first-order chi connectivity index (χ1) is 13.1. The number of benzene rings is 1. The van der Waals surface area contributed by atoms with E-state index in [2.05, 4.69) is 46.7 Å². The van der Waals surface area contributed by atoms with Crippen LogP contribution in [0.3, 0.4) is 0 Å². The van der Waals surface area contributed by atoms with E-state index >= 15 is 0 Å². The molecule has 7 heteroatoms. The number of nitrogens with one attached hydrogen (secondary N) is 2. The Labute approximate surface area is 188 Å². The summed E-state index contributed by atoms with van der Waals surface area (Å²) >= 11 is 0. The molecule has 2 saturated heterocycles. The number of nitrogens with zero attached hydrogens (tertiary/aromatic N) is 1. The number of amides is 1. The van der Waals surface area contributed by atoms with Crippen molar-refractivity contribution in [2.75, 3.05) is 33.4 Å². The van der Waals surface area contributed by atoms with Crippen LogP contribution in [0.15, 0.2) is 24.3 Å². The molecule has 0 bridgehead atoms. The molecule has 0 radical (unpaired) electrons. The lowest BCUT2D eigenvalue weighted by Crippen LogP contribution is -2.50. The van der Waals surface area contributed by atoms with Gasteiger partial charge >= 0.3 is 0 Å². The molecule has 5 nitrogen and oxygen atoms in total. The topological polar surface area (TPSA) is 53.6 Å². The second-order valence-electron chi connectivity index (χ2n) is 8.23. The minimum atomic E-state index is -0.393. The molecule has 2 heterocycles.